The normalized spacial score (nSPS) is 20.1. The van der Waals surface area contributed by atoms with E-state index in [2.05, 4.69) is 9.88 Å². The summed E-state index contributed by atoms with van der Waals surface area (Å²) >= 11 is 1.64. The molecule has 2 N–H and O–H groups in total. The summed E-state index contributed by atoms with van der Waals surface area (Å²) in [4.78, 5) is 18.6. The molecule has 4 rings (SSSR count). The molecule has 1 fully saturated rings. The number of carboxylic acid groups (broad SMARTS) is 1. The van der Waals surface area contributed by atoms with E-state index in [1.807, 2.05) is 36.4 Å². The highest BCUT2D eigenvalue weighted by Gasteiger charge is 2.34. The van der Waals surface area contributed by atoms with Gasteiger partial charge in [-0.05, 0) is 73.7 Å². The van der Waals surface area contributed by atoms with Gasteiger partial charge in [-0.15, -0.1) is 0 Å². The number of benzene rings is 1. The van der Waals surface area contributed by atoms with Gasteiger partial charge >= 0.3 is 5.97 Å². The summed E-state index contributed by atoms with van der Waals surface area (Å²) in [5.41, 5.74) is 1.61. The number of aromatic nitrogens is 1. The van der Waals surface area contributed by atoms with Crippen LogP contribution in [-0.2, 0) is 4.79 Å². The number of hydrogen-bond donors (Lipinski definition) is 2. The zero-order chi connectivity index (χ0) is 23.2. The van der Waals surface area contributed by atoms with Crippen LogP contribution < -0.4 is 4.74 Å². The molecule has 0 radical (unpaired) electrons. The van der Waals surface area contributed by atoms with Crippen LogP contribution in [0.5, 0.6) is 5.75 Å². The van der Waals surface area contributed by atoms with Crippen molar-refractivity contribution in [3.05, 3.63) is 54.4 Å². The SMILES string of the molecule is COc1ccc2nccc([C@@H](O)CC[C@@H]3CCN(CCSc4ccco4)C[C@@H]3C(=O)O)c2c1. The Hall–Kier alpha value is -2.55. The van der Waals surface area contributed by atoms with Gasteiger partial charge in [0.25, 0.3) is 0 Å². The molecule has 3 aromatic rings. The van der Waals surface area contributed by atoms with Crippen molar-refractivity contribution >= 4 is 28.6 Å². The second-order valence-electron chi connectivity index (χ2n) is 8.45. The van der Waals surface area contributed by atoms with E-state index < -0.39 is 18.0 Å². The van der Waals surface area contributed by atoms with Crippen LogP contribution in [0.2, 0.25) is 0 Å². The molecule has 33 heavy (non-hydrogen) atoms. The van der Waals surface area contributed by atoms with Crippen molar-refractivity contribution in [2.24, 2.45) is 11.8 Å². The van der Waals surface area contributed by atoms with Gasteiger partial charge in [-0.2, -0.15) is 0 Å². The molecule has 7 nitrogen and oxygen atoms in total. The Labute approximate surface area is 197 Å². The van der Waals surface area contributed by atoms with E-state index in [0.29, 0.717) is 25.1 Å². The summed E-state index contributed by atoms with van der Waals surface area (Å²) in [6.45, 7) is 2.25. The fourth-order valence-electron chi connectivity index (χ4n) is 4.61. The molecule has 0 saturated carbocycles. The highest BCUT2D eigenvalue weighted by atomic mass is 32.2. The van der Waals surface area contributed by atoms with Gasteiger partial charge in [0, 0.05) is 30.4 Å². The summed E-state index contributed by atoms with van der Waals surface area (Å²) < 4.78 is 10.7. The van der Waals surface area contributed by atoms with Gasteiger partial charge in [-0.25, -0.2) is 0 Å². The molecule has 2 aromatic heterocycles. The first-order valence-corrected chi connectivity index (χ1v) is 12.3. The van der Waals surface area contributed by atoms with Crippen molar-refractivity contribution in [2.75, 3.05) is 32.5 Å². The number of thioether (sulfide) groups is 1. The van der Waals surface area contributed by atoms with Crippen LogP contribution in [0.1, 0.15) is 30.9 Å². The number of carbonyl (C=O) groups is 1. The van der Waals surface area contributed by atoms with Crippen LogP contribution in [0, 0.1) is 11.8 Å². The van der Waals surface area contributed by atoms with Gasteiger partial charge in [0.1, 0.15) is 5.75 Å². The molecule has 1 aliphatic heterocycles. The first-order chi connectivity index (χ1) is 16.0. The fourth-order valence-corrected chi connectivity index (χ4v) is 5.46. The van der Waals surface area contributed by atoms with E-state index in [0.717, 1.165) is 46.8 Å². The number of methoxy groups -OCH3 is 1. The van der Waals surface area contributed by atoms with Crippen LogP contribution in [0.3, 0.4) is 0 Å². The zero-order valence-corrected chi connectivity index (χ0v) is 19.5. The van der Waals surface area contributed by atoms with Crippen LogP contribution in [-0.4, -0.2) is 58.6 Å². The lowest BCUT2D eigenvalue weighted by atomic mass is 9.81. The predicted octanol–water partition coefficient (Wildman–Crippen LogP) is 4.47. The smallest absolute Gasteiger partial charge is 0.308 e. The van der Waals surface area contributed by atoms with Crippen molar-refractivity contribution in [3.8, 4) is 5.75 Å². The maximum Gasteiger partial charge on any atom is 0.308 e. The van der Waals surface area contributed by atoms with Crippen molar-refractivity contribution < 1.29 is 24.2 Å². The van der Waals surface area contributed by atoms with Gasteiger partial charge in [0.15, 0.2) is 5.09 Å². The van der Waals surface area contributed by atoms with Crippen LogP contribution in [0.15, 0.2) is 58.4 Å². The molecule has 0 bridgehead atoms. The molecule has 0 amide bonds. The Balaban J connectivity index is 1.34. The first-order valence-electron chi connectivity index (χ1n) is 11.3. The largest absolute Gasteiger partial charge is 0.497 e. The minimum Gasteiger partial charge on any atom is -0.497 e. The topological polar surface area (TPSA) is 96.0 Å². The Kier molecular flexibility index (Phi) is 7.90. The maximum absolute atomic E-state index is 12.0. The van der Waals surface area contributed by atoms with Gasteiger partial charge in [0.2, 0.25) is 0 Å². The molecule has 3 atom stereocenters. The minimum atomic E-state index is -0.753. The molecule has 0 spiro atoms. The Morgan fingerprint density at radius 2 is 2.24 bits per heavy atom. The third kappa shape index (κ3) is 5.88. The van der Waals surface area contributed by atoms with E-state index in [9.17, 15) is 15.0 Å². The van der Waals surface area contributed by atoms with Crippen molar-refractivity contribution in [1.82, 2.24) is 9.88 Å². The summed E-state index contributed by atoms with van der Waals surface area (Å²) in [5.74, 6) is 0.453. The number of carboxylic acids is 1. The molecule has 3 heterocycles. The van der Waals surface area contributed by atoms with Crippen LogP contribution in [0.25, 0.3) is 10.9 Å². The number of hydrogen-bond acceptors (Lipinski definition) is 7. The second-order valence-corrected chi connectivity index (χ2v) is 9.55. The number of furan rings is 1. The fraction of sp³-hybridized carbons (Fsp3) is 0.440. The number of aliphatic carboxylic acids is 1. The van der Waals surface area contributed by atoms with E-state index in [1.54, 1.807) is 31.3 Å². The molecule has 0 aliphatic carbocycles. The number of nitrogens with zero attached hydrogens (tertiary/aromatic N) is 2. The molecule has 176 valence electrons. The number of ether oxygens (including phenoxy) is 1. The number of rotatable bonds is 10. The van der Waals surface area contributed by atoms with Crippen molar-refractivity contribution in [2.45, 2.75) is 30.5 Å². The third-order valence-electron chi connectivity index (χ3n) is 6.46. The molecular weight excluding hydrogens is 440 g/mol. The van der Waals surface area contributed by atoms with Gasteiger partial charge in [-0.1, -0.05) is 11.8 Å². The highest BCUT2D eigenvalue weighted by Crippen LogP contribution is 2.34. The standard InChI is InChI=1S/C25H30N2O5S/c1-31-18-5-6-22-20(15-18)19(8-10-26-22)23(28)7-4-17-9-11-27(16-21(17)25(29)30)12-14-33-24-3-2-13-32-24/h2-3,5-6,8,10,13,15,17,21,23,28H,4,7,9,11-12,14,16H2,1H3,(H,29,30)/t17-,21+,23+/m1/s1. The molecule has 8 heteroatoms. The second kappa shape index (κ2) is 11.0. The number of pyridine rings is 1. The highest BCUT2D eigenvalue weighted by molar-refractivity contribution is 7.99. The van der Waals surface area contributed by atoms with Crippen LogP contribution >= 0.6 is 11.8 Å². The zero-order valence-electron chi connectivity index (χ0n) is 18.7. The van der Waals surface area contributed by atoms with E-state index >= 15 is 0 Å². The van der Waals surface area contributed by atoms with E-state index in [1.165, 1.54) is 0 Å². The first kappa shape index (κ1) is 23.6. The number of piperidine rings is 1. The summed E-state index contributed by atoms with van der Waals surface area (Å²) in [6, 6.07) is 11.3. The Morgan fingerprint density at radius 3 is 3.00 bits per heavy atom. The van der Waals surface area contributed by atoms with E-state index in [-0.39, 0.29) is 5.92 Å². The van der Waals surface area contributed by atoms with E-state index in [4.69, 9.17) is 9.15 Å². The molecular formula is C25H30N2O5S. The lowest BCUT2D eigenvalue weighted by molar-refractivity contribution is -0.146. The summed E-state index contributed by atoms with van der Waals surface area (Å²) in [6.07, 6.45) is 4.68. The number of fused-ring (bicyclic) bond motifs is 1. The number of likely N-dealkylation sites (tertiary alicyclic amines) is 1. The molecule has 1 aliphatic rings. The quantitative estimate of drug-likeness (QED) is 0.419. The van der Waals surface area contributed by atoms with Crippen LogP contribution in [0.4, 0.5) is 0 Å². The lowest BCUT2D eigenvalue weighted by Crippen LogP contribution is -2.44. The van der Waals surface area contributed by atoms with Gasteiger partial charge in [-0.3, -0.25) is 9.78 Å². The minimum absolute atomic E-state index is 0.0498. The van der Waals surface area contributed by atoms with Crippen molar-refractivity contribution in [3.63, 3.8) is 0 Å². The predicted molar refractivity (Wildman–Crippen MR) is 128 cm³/mol. The summed E-state index contributed by atoms with van der Waals surface area (Å²) in [5, 5.41) is 22.6. The summed E-state index contributed by atoms with van der Waals surface area (Å²) in [7, 11) is 1.61. The number of aliphatic hydroxyl groups is 1. The average Bonchev–Trinajstić information content (AvgIpc) is 3.35. The van der Waals surface area contributed by atoms with Crippen molar-refractivity contribution in [1.29, 1.82) is 0 Å². The number of aliphatic hydroxyl groups excluding tert-OH is 1. The molecule has 0 unspecified atom stereocenters. The van der Waals surface area contributed by atoms with Gasteiger partial charge < -0.3 is 24.3 Å². The average molecular weight is 471 g/mol. The maximum atomic E-state index is 12.0. The Morgan fingerprint density at radius 1 is 1.36 bits per heavy atom. The monoisotopic (exact) mass is 470 g/mol. The third-order valence-corrected chi connectivity index (χ3v) is 7.36. The molecule has 1 saturated heterocycles. The lowest BCUT2D eigenvalue weighted by Gasteiger charge is -2.36. The Bertz CT molecular complexity index is 1060. The van der Waals surface area contributed by atoms with Gasteiger partial charge in [0.05, 0.1) is 30.9 Å². The molecule has 1 aromatic carbocycles.